The van der Waals surface area contributed by atoms with E-state index in [1.165, 1.54) is 11.3 Å². The molecule has 0 aromatic heterocycles. The zero-order valence-electron chi connectivity index (χ0n) is 12.3. The van der Waals surface area contributed by atoms with Crippen LogP contribution in [0, 0.1) is 0 Å². The van der Waals surface area contributed by atoms with Crippen LogP contribution in [-0.4, -0.2) is 31.2 Å². The molecule has 2 atom stereocenters. The van der Waals surface area contributed by atoms with Crippen LogP contribution in [0.5, 0.6) is 0 Å². The van der Waals surface area contributed by atoms with E-state index in [0.717, 1.165) is 32.4 Å². The lowest BCUT2D eigenvalue weighted by Crippen LogP contribution is -2.40. The van der Waals surface area contributed by atoms with Gasteiger partial charge in [-0.1, -0.05) is 31.5 Å². The summed E-state index contributed by atoms with van der Waals surface area (Å²) in [6.45, 7) is 5.41. The van der Waals surface area contributed by atoms with E-state index in [1.54, 1.807) is 0 Å². The molecule has 4 heteroatoms. The fourth-order valence-electron chi connectivity index (χ4n) is 2.39. The minimum Gasteiger partial charge on any atom is -0.382 e. The second kappa shape index (κ2) is 7.29. The zero-order valence-corrected chi connectivity index (χ0v) is 12.3. The van der Waals surface area contributed by atoms with Crippen molar-refractivity contribution in [2.45, 2.75) is 45.3 Å². The lowest BCUT2D eigenvalue weighted by atomic mass is 10.0. The Hall–Kier alpha value is -1.55. The summed E-state index contributed by atoms with van der Waals surface area (Å²) < 4.78 is 5.87. The first-order chi connectivity index (χ1) is 9.70. The summed E-state index contributed by atoms with van der Waals surface area (Å²) in [5, 5.41) is 6.26. The standard InChI is InChI=1S/C16H24N2O2/c1-3-4-9-17-16(19)12(2)20-14-10-13-7-5-6-8-15(13)18-11-14/h5-8,12,14,18H,3-4,9-11H2,1-2H3,(H,17,19). The maximum Gasteiger partial charge on any atom is 0.248 e. The molecular formula is C16H24N2O2. The molecule has 1 amide bonds. The molecule has 1 aromatic carbocycles. The van der Waals surface area contributed by atoms with Crippen LogP contribution in [0.15, 0.2) is 24.3 Å². The topological polar surface area (TPSA) is 50.4 Å². The predicted molar refractivity (Wildman–Crippen MR) is 80.9 cm³/mol. The first-order valence-electron chi connectivity index (χ1n) is 7.45. The Bertz CT molecular complexity index is 448. The van der Waals surface area contributed by atoms with Crippen molar-refractivity contribution in [2.75, 3.05) is 18.4 Å². The highest BCUT2D eigenvalue weighted by molar-refractivity contribution is 5.80. The molecule has 20 heavy (non-hydrogen) atoms. The van der Waals surface area contributed by atoms with Crippen LogP contribution in [0.1, 0.15) is 32.3 Å². The molecule has 2 unspecified atom stereocenters. The smallest absolute Gasteiger partial charge is 0.248 e. The van der Waals surface area contributed by atoms with Crippen molar-refractivity contribution in [1.82, 2.24) is 5.32 Å². The second-order valence-electron chi connectivity index (χ2n) is 5.29. The molecule has 1 aromatic rings. The van der Waals surface area contributed by atoms with Crippen molar-refractivity contribution < 1.29 is 9.53 Å². The van der Waals surface area contributed by atoms with Crippen molar-refractivity contribution >= 4 is 11.6 Å². The molecule has 0 radical (unpaired) electrons. The number of unbranched alkanes of at least 4 members (excludes halogenated alkanes) is 1. The average molecular weight is 276 g/mol. The Balaban J connectivity index is 1.81. The highest BCUT2D eigenvalue weighted by Gasteiger charge is 2.23. The van der Waals surface area contributed by atoms with Gasteiger partial charge in [-0.3, -0.25) is 4.79 Å². The van der Waals surface area contributed by atoms with Crippen molar-refractivity contribution in [3.05, 3.63) is 29.8 Å². The Morgan fingerprint density at radius 2 is 2.30 bits per heavy atom. The number of anilines is 1. The first-order valence-corrected chi connectivity index (χ1v) is 7.45. The van der Waals surface area contributed by atoms with Gasteiger partial charge in [0.25, 0.3) is 0 Å². The van der Waals surface area contributed by atoms with Crippen LogP contribution < -0.4 is 10.6 Å². The van der Waals surface area contributed by atoms with Crippen LogP contribution in [0.4, 0.5) is 5.69 Å². The van der Waals surface area contributed by atoms with Crippen LogP contribution in [0.3, 0.4) is 0 Å². The summed E-state index contributed by atoms with van der Waals surface area (Å²) in [5.74, 6) is -0.0164. The number of benzene rings is 1. The molecule has 4 nitrogen and oxygen atoms in total. The molecule has 0 spiro atoms. The van der Waals surface area contributed by atoms with Gasteiger partial charge < -0.3 is 15.4 Å². The van der Waals surface area contributed by atoms with E-state index in [-0.39, 0.29) is 12.0 Å². The van der Waals surface area contributed by atoms with Gasteiger partial charge in [-0.2, -0.15) is 0 Å². The summed E-state index contributed by atoms with van der Waals surface area (Å²) in [6, 6.07) is 8.23. The Morgan fingerprint density at radius 1 is 1.50 bits per heavy atom. The van der Waals surface area contributed by atoms with Crippen LogP contribution in [0.25, 0.3) is 0 Å². The number of rotatable bonds is 6. The number of carbonyl (C=O) groups excluding carboxylic acids is 1. The zero-order chi connectivity index (χ0) is 14.4. The lowest BCUT2D eigenvalue weighted by Gasteiger charge is -2.28. The summed E-state index contributed by atoms with van der Waals surface area (Å²) in [5.41, 5.74) is 2.43. The molecule has 0 saturated heterocycles. The molecule has 0 saturated carbocycles. The summed E-state index contributed by atoms with van der Waals surface area (Å²) in [7, 11) is 0. The van der Waals surface area contributed by atoms with E-state index in [2.05, 4.69) is 29.7 Å². The number of para-hydroxylation sites is 1. The maximum absolute atomic E-state index is 11.9. The van der Waals surface area contributed by atoms with Crippen LogP contribution >= 0.6 is 0 Å². The van der Waals surface area contributed by atoms with Crippen molar-refractivity contribution in [1.29, 1.82) is 0 Å². The van der Waals surface area contributed by atoms with Crippen molar-refractivity contribution in [2.24, 2.45) is 0 Å². The maximum atomic E-state index is 11.9. The fraction of sp³-hybridized carbons (Fsp3) is 0.562. The quantitative estimate of drug-likeness (QED) is 0.784. The van der Waals surface area contributed by atoms with Gasteiger partial charge in [0.05, 0.1) is 6.10 Å². The normalized spacial score (nSPS) is 18.8. The number of hydrogen-bond acceptors (Lipinski definition) is 3. The summed E-state index contributed by atoms with van der Waals surface area (Å²) in [6.07, 6.45) is 2.60. The van der Waals surface area contributed by atoms with Crippen LogP contribution in [0.2, 0.25) is 0 Å². The van der Waals surface area contributed by atoms with E-state index in [1.807, 2.05) is 19.1 Å². The molecule has 2 N–H and O–H groups in total. The van der Waals surface area contributed by atoms with Gasteiger partial charge in [0, 0.05) is 25.2 Å². The monoisotopic (exact) mass is 276 g/mol. The van der Waals surface area contributed by atoms with Crippen LogP contribution in [-0.2, 0) is 16.0 Å². The van der Waals surface area contributed by atoms with Crippen molar-refractivity contribution in [3.63, 3.8) is 0 Å². The Labute approximate surface area is 120 Å². The number of hydrogen-bond donors (Lipinski definition) is 2. The molecule has 0 fully saturated rings. The third-order valence-corrected chi connectivity index (χ3v) is 3.58. The molecule has 110 valence electrons. The lowest BCUT2D eigenvalue weighted by molar-refractivity contribution is -0.134. The molecule has 0 aliphatic carbocycles. The molecule has 2 rings (SSSR count). The SMILES string of the molecule is CCCCNC(=O)C(C)OC1CNc2ccccc2C1. The van der Waals surface area contributed by atoms with Gasteiger partial charge in [-0.05, 0) is 25.0 Å². The van der Waals surface area contributed by atoms with E-state index in [0.29, 0.717) is 0 Å². The Kier molecular flexibility index (Phi) is 5.41. The molecule has 1 aliphatic rings. The van der Waals surface area contributed by atoms with Gasteiger partial charge >= 0.3 is 0 Å². The third kappa shape index (κ3) is 3.97. The fourth-order valence-corrected chi connectivity index (χ4v) is 2.39. The minimum atomic E-state index is -0.399. The van der Waals surface area contributed by atoms with Gasteiger partial charge in [-0.25, -0.2) is 0 Å². The first kappa shape index (κ1) is 14.9. The second-order valence-corrected chi connectivity index (χ2v) is 5.29. The summed E-state index contributed by atoms with van der Waals surface area (Å²) in [4.78, 5) is 11.9. The van der Waals surface area contributed by atoms with Crippen molar-refractivity contribution in [3.8, 4) is 0 Å². The number of nitrogens with one attached hydrogen (secondary N) is 2. The molecule has 1 heterocycles. The highest BCUT2D eigenvalue weighted by Crippen LogP contribution is 2.22. The predicted octanol–water partition coefficient (Wildman–Crippen LogP) is 2.34. The molecule has 1 aliphatic heterocycles. The van der Waals surface area contributed by atoms with E-state index in [9.17, 15) is 4.79 Å². The van der Waals surface area contributed by atoms with Gasteiger partial charge in [-0.15, -0.1) is 0 Å². The Morgan fingerprint density at radius 3 is 3.10 bits per heavy atom. The third-order valence-electron chi connectivity index (χ3n) is 3.58. The van der Waals surface area contributed by atoms with Gasteiger partial charge in [0.1, 0.15) is 6.10 Å². The van der Waals surface area contributed by atoms with E-state index >= 15 is 0 Å². The van der Waals surface area contributed by atoms with E-state index in [4.69, 9.17) is 4.74 Å². The summed E-state index contributed by atoms with van der Waals surface area (Å²) >= 11 is 0. The largest absolute Gasteiger partial charge is 0.382 e. The number of ether oxygens (including phenoxy) is 1. The number of carbonyl (C=O) groups is 1. The van der Waals surface area contributed by atoms with Gasteiger partial charge in [0.15, 0.2) is 0 Å². The average Bonchev–Trinajstić information content (AvgIpc) is 2.47. The molecule has 0 bridgehead atoms. The van der Waals surface area contributed by atoms with E-state index < -0.39 is 6.10 Å². The van der Waals surface area contributed by atoms with Gasteiger partial charge in [0.2, 0.25) is 5.91 Å². The minimum absolute atomic E-state index is 0.0164. The number of amides is 1. The number of fused-ring (bicyclic) bond motifs is 1. The highest BCUT2D eigenvalue weighted by atomic mass is 16.5. The molecular weight excluding hydrogens is 252 g/mol.